The molecule has 0 bridgehead atoms. The van der Waals surface area contributed by atoms with Gasteiger partial charge in [-0.3, -0.25) is 0 Å². The van der Waals surface area contributed by atoms with Crippen molar-refractivity contribution in [3.63, 3.8) is 0 Å². The van der Waals surface area contributed by atoms with E-state index in [0.29, 0.717) is 0 Å². The van der Waals surface area contributed by atoms with Gasteiger partial charge >= 0.3 is 0 Å². The van der Waals surface area contributed by atoms with Gasteiger partial charge in [-0.1, -0.05) is 73.7 Å². The third kappa shape index (κ3) is 5.43. The van der Waals surface area contributed by atoms with E-state index in [-0.39, 0.29) is 11.0 Å². The van der Waals surface area contributed by atoms with Crippen LogP contribution in [0.2, 0.25) is 0 Å². The van der Waals surface area contributed by atoms with Gasteiger partial charge in [0.25, 0.3) is 0 Å². The Labute approximate surface area is 165 Å². The lowest BCUT2D eigenvalue weighted by atomic mass is 9.70. The second kappa shape index (κ2) is 9.03. The average molecular weight is 366 g/mol. The average Bonchev–Trinajstić information content (AvgIpc) is 3.00. The number of allylic oxidation sites excluding steroid dienone is 5. The Morgan fingerprint density at radius 2 is 1.93 bits per heavy atom. The fraction of sp³-hybridized carbons (Fsp3) is 0.520. The van der Waals surface area contributed by atoms with Crippen molar-refractivity contribution < 1.29 is 4.74 Å². The molecule has 0 aliphatic carbocycles. The summed E-state index contributed by atoms with van der Waals surface area (Å²) in [6, 6.07) is 10.9. The van der Waals surface area contributed by atoms with Crippen molar-refractivity contribution in [3.05, 3.63) is 72.4 Å². The molecule has 2 nitrogen and oxygen atoms in total. The van der Waals surface area contributed by atoms with Gasteiger partial charge in [-0.15, -0.1) is 0 Å². The standard InChI is InChI=1S/C25H35NO/c1-4-5-6-8-11-22(2)18-24(19-23-12-9-7-10-13-23)20-25(27-21-24)14-16-26(3)17-15-25/h5-13H,2,4,14-21H2,1,3H3/b6-5-,11-8-. The van der Waals surface area contributed by atoms with Gasteiger partial charge in [-0.2, -0.15) is 0 Å². The number of nitrogens with zero attached hydrogens (tertiary/aromatic N) is 1. The summed E-state index contributed by atoms with van der Waals surface area (Å²) in [5, 5.41) is 0. The molecular formula is C25H35NO. The highest BCUT2D eigenvalue weighted by Crippen LogP contribution is 2.49. The Kier molecular flexibility index (Phi) is 6.73. The SMILES string of the molecule is C=C(/C=C\C=C/CC)CC1(Cc2ccccc2)COC2(CCN(C)CC2)C1. The molecule has 2 fully saturated rings. The number of likely N-dealkylation sites (tertiary alicyclic amines) is 1. The Bertz CT molecular complexity index is 667. The first kappa shape index (κ1) is 20.1. The van der Waals surface area contributed by atoms with Crippen LogP contribution < -0.4 is 0 Å². The molecule has 2 aliphatic rings. The maximum atomic E-state index is 6.56. The van der Waals surface area contributed by atoms with Crippen LogP contribution in [0, 0.1) is 5.41 Å². The van der Waals surface area contributed by atoms with Gasteiger partial charge in [0, 0.05) is 18.5 Å². The predicted molar refractivity (Wildman–Crippen MR) is 115 cm³/mol. The third-order valence-corrected chi connectivity index (χ3v) is 6.12. The highest BCUT2D eigenvalue weighted by atomic mass is 16.5. The number of hydrogen-bond acceptors (Lipinski definition) is 2. The molecule has 2 heteroatoms. The Morgan fingerprint density at radius 3 is 2.63 bits per heavy atom. The van der Waals surface area contributed by atoms with Crippen LogP contribution in [0.3, 0.4) is 0 Å². The van der Waals surface area contributed by atoms with Gasteiger partial charge in [-0.25, -0.2) is 0 Å². The third-order valence-electron chi connectivity index (χ3n) is 6.12. The van der Waals surface area contributed by atoms with Crippen molar-refractivity contribution in [1.82, 2.24) is 4.90 Å². The smallest absolute Gasteiger partial charge is 0.0713 e. The minimum absolute atomic E-state index is 0.0768. The van der Waals surface area contributed by atoms with E-state index < -0.39 is 0 Å². The van der Waals surface area contributed by atoms with Gasteiger partial charge in [0.2, 0.25) is 0 Å². The lowest BCUT2D eigenvalue weighted by Crippen LogP contribution is -2.43. The number of hydrogen-bond donors (Lipinski definition) is 0. The van der Waals surface area contributed by atoms with Crippen molar-refractivity contribution >= 4 is 0 Å². The first-order valence-electron chi connectivity index (χ1n) is 10.4. The molecule has 2 heterocycles. The van der Waals surface area contributed by atoms with E-state index >= 15 is 0 Å². The lowest BCUT2D eigenvalue weighted by molar-refractivity contribution is -0.0402. The minimum atomic E-state index is 0.0768. The zero-order valence-corrected chi connectivity index (χ0v) is 17.1. The normalized spacial score (nSPS) is 25.7. The van der Waals surface area contributed by atoms with E-state index in [0.717, 1.165) is 58.2 Å². The topological polar surface area (TPSA) is 12.5 Å². The summed E-state index contributed by atoms with van der Waals surface area (Å²) in [4.78, 5) is 2.42. The second-order valence-corrected chi connectivity index (χ2v) is 8.64. The van der Waals surface area contributed by atoms with E-state index in [2.05, 4.69) is 80.1 Å². The molecule has 0 aromatic heterocycles. The summed E-state index contributed by atoms with van der Waals surface area (Å²) in [7, 11) is 2.22. The quantitative estimate of drug-likeness (QED) is 0.586. The zero-order valence-electron chi connectivity index (χ0n) is 17.1. The summed E-state index contributed by atoms with van der Waals surface area (Å²) < 4.78 is 6.56. The van der Waals surface area contributed by atoms with Gasteiger partial charge in [0.15, 0.2) is 0 Å². The fourth-order valence-corrected chi connectivity index (χ4v) is 4.70. The largest absolute Gasteiger partial charge is 0.374 e. The highest BCUT2D eigenvalue weighted by molar-refractivity contribution is 5.24. The van der Waals surface area contributed by atoms with Crippen LogP contribution in [0.4, 0.5) is 0 Å². The van der Waals surface area contributed by atoms with E-state index in [1.165, 1.54) is 11.1 Å². The van der Waals surface area contributed by atoms with Gasteiger partial charge in [-0.05, 0) is 51.1 Å². The molecule has 2 aliphatic heterocycles. The molecule has 0 N–H and O–H groups in total. The molecule has 1 spiro atoms. The van der Waals surface area contributed by atoms with E-state index in [1.54, 1.807) is 0 Å². The van der Waals surface area contributed by atoms with Gasteiger partial charge in [0.1, 0.15) is 0 Å². The van der Waals surface area contributed by atoms with Crippen LogP contribution in [0.5, 0.6) is 0 Å². The van der Waals surface area contributed by atoms with Crippen LogP contribution in [-0.4, -0.2) is 37.2 Å². The maximum absolute atomic E-state index is 6.56. The molecule has 0 amide bonds. The summed E-state index contributed by atoms with van der Waals surface area (Å²) in [6.07, 6.45) is 15.2. The Balaban J connectivity index is 1.75. The van der Waals surface area contributed by atoms with E-state index in [4.69, 9.17) is 4.74 Å². The number of piperidine rings is 1. The Hall–Kier alpha value is -1.64. The second-order valence-electron chi connectivity index (χ2n) is 8.64. The van der Waals surface area contributed by atoms with Crippen LogP contribution in [0.15, 0.2) is 66.8 Å². The molecule has 2 saturated heterocycles. The molecule has 1 unspecified atom stereocenters. The summed E-state index contributed by atoms with van der Waals surface area (Å²) in [5.74, 6) is 0. The van der Waals surface area contributed by atoms with Crippen LogP contribution in [0.25, 0.3) is 0 Å². The molecule has 0 radical (unpaired) electrons. The number of rotatable bonds is 7. The number of ether oxygens (including phenoxy) is 1. The molecule has 0 saturated carbocycles. The number of benzene rings is 1. The van der Waals surface area contributed by atoms with Crippen molar-refractivity contribution in [2.75, 3.05) is 26.7 Å². The first-order chi connectivity index (χ1) is 13.0. The van der Waals surface area contributed by atoms with Crippen molar-refractivity contribution in [2.45, 2.75) is 51.0 Å². The summed E-state index contributed by atoms with van der Waals surface area (Å²) in [6.45, 7) is 9.66. The first-order valence-corrected chi connectivity index (χ1v) is 10.4. The zero-order chi connectivity index (χ0) is 19.2. The van der Waals surface area contributed by atoms with Crippen LogP contribution in [0.1, 0.15) is 44.6 Å². The molecule has 27 heavy (non-hydrogen) atoms. The predicted octanol–water partition coefficient (Wildman–Crippen LogP) is 5.57. The molecular weight excluding hydrogens is 330 g/mol. The summed E-state index contributed by atoms with van der Waals surface area (Å²) in [5.41, 5.74) is 2.86. The molecule has 1 atom stereocenters. The van der Waals surface area contributed by atoms with E-state index in [9.17, 15) is 0 Å². The molecule has 1 aromatic rings. The maximum Gasteiger partial charge on any atom is 0.0713 e. The van der Waals surface area contributed by atoms with Gasteiger partial charge in [0.05, 0.1) is 12.2 Å². The van der Waals surface area contributed by atoms with Crippen LogP contribution in [-0.2, 0) is 11.2 Å². The van der Waals surface area contributed by atoms with Crippen LogP contribution >= 0.6 is 0 Å². The highest BCUT2D eigenvalue weighted by Gasteiger charge is 2.49. The van der Waals surface area contributed by atoms with E-state index in [1.807, 2.05) is 0 Å². The van der Waals surface area contributed by atoms with Crippen molar-refractivity contribution in [1.29, 1.82) is 0 Å². The Morgan fingerprint density at radius 1 is 1.19 bits per heavy atom. The molecule has 3 rings (SSSR count). The van der Waals surface area contributed by atoms with Crippen molar-refractivity contribution in [2.24, 2.45) is 5.41 Å². The molecule has 1 aromatic carbocycles. The summed E-state index contributed by atoms with van der Waals surface area (Å²) >= 11 is 0. The minimum Gasteiger partial charge on any atom is -0.374 e. The molecule has 146 valence electrons. The van der Waals surface area contributed by atoms with Crippen molar-refractivity contribution in [3.8, 4) is 0 Å². The lowest BCUT2D eigenvalue weighted by Gasteiger charge is -2.38. The monoisotopic (exact) mass is 365 g/mol. The van der Waals surface area contributed by atoms with Gasteiger partial charge < -0.3 is 9.64 Å². The fourth-order valence-electron chi connectivity index (χ4n) is 4.70.